The monoisotopic (exact) mass is 193 g/mol. The van der Waals surface area contributed by atoms with E-state index in [0.29, 0.717) is 5.56 Å². The molecule has 1 aromatic carbocycles. The Hall–Kier alpha value is -1.71. The first kappa shape index (κ1) is 8.87. The summed E-state index contributed by atoms with van der Waals surface area (Å²) in [7, 11) is 0. The number of nitrogens with one attached hydrogen (secondary N) is 1. The predicted octanol–water partition coefficient (Wildman–Crippen LogP) is 1.37. The van der Waals surface area contributed by atoms with Crippen molar-refractivity contribution in [2.75, 3.05) is 11.9 Å². The van der Waals surface area contributed by atoms with Crippen molar-refractivity contribution in [2.24, 2.45) is 0 Å². The SMILES string of the molecule is Cc1c(C(=O)O)cc2c(c1O)CCN2. The third kappa shape index (κ3) is 1.11. The molecule has 0 saturated carbocycles. The van der Waals surface area contributed by atoms with Crippen LogP contribution in [0.1, 0.15) is 21.5 Å². The average molecular weight is 193 g/mol. The highest BCUT2D eigenvalue weighted by molar-refractivity contribution is 5.92. The fraction of sp³-hybridized carbons (Fsp3) is 0.300. The first-order valence-electron chi connectivity index (χ1n) is 4.44. The van der Waals surface area contributed by atoms with Gasteiger partial charge in [-0.2, -0.15) is 0 Å². The van der Waals surface area contributed by atoms with E-state index in [0.717, 1.165) is 24.2 Å². The number of aromatic hydroxyl groups is 1. The zero-order valence-electron chi connectivity index (χ0n) is 7.79. The molecule has 14 heavy (non-hydrogen) atoms. The Balaban J connectivity index is 2.67. The van der Waals surface area contributed by atoms with E-state index in [9.17, 15) is 9.90 Å². The number of phenolic OH excluding ortho intramolecular Hbond substituents is 1. The van der Waals surface area contributed by atoms with Gasteiger partial charge in [0.25, 0.3) is 0 Å². The minimum absolute atomic E-state index is 0.116. The van der Waals surface area contributed by atoms with Gasteiger partial charge in [0.15, 0.2) is 0 Å². The maximum Gasteiger partial charge on any atom is 0.336 e. The number of rotatable bonds is 1. The number of hydrogen-bond donors (Lipinski definition) is 3. The zero-order chi connectivity index (χ0) is 10.3. The molecule has 4 nitrogen and oxygen atoms in total. The van der Waals surface area contributed by atoms with Gasteiger partial charge in [-0.05, 0) is 19.4 Å². The van der Waals surface area contributed by atoms with E-state index >= 15 is 0 Å². The van der Waals surface area contributed by atoms with Crippen LogP contribution >= 0.6 is 0 Å². The summed E-state index contributed by atoms with van der Waals surface area (Å²) < 4.78 is 0. The van der Waals surface area contributed by atoms with Gasteiger partial charge in [0, 0.05) is 23.4 Å². The lowest BCUT2D eigenvalue weighted by atomic mass is 10.0. The summed E-state index contributed by atoms with van der Waals surface area (Å²) in [5.41, 5.74) is 2.17. The molecule has 1 aliphatic rings. The van der Waals surface area contributed by atoms with Crippen LogP contribution in [0.15, 0.2) is 6.07 Å². The number of hydrogen-bond acceptors (Lipinski definition) is 3. The number of phenols is 1. The number of benzene rings is 1. The quantitative estimate of drug-likeness (QED) is 0.630. The molecule has 0 radical (unpaired) electrons. The molecule has 0 atom stereocenters. The second-order valence-electron chi connectivity index (χ2n) is 3.41. The largest absolute Gasteiger partial charge is 0.507 e. The van der Waals surface area contributed by atoms with Crippen molar-refractivity contribution in [3.8, 4) is 5.75 Å². The van der Waals surface area contributed by atoms with Crippen molar-refractivity contribution in [1.29, 1.82) is 0 Å². The van der Waals surface area contributed by atoms with Gasteiger partial charge in [-0.15, -0.1) is 0 Å². The molecule has 0 saturated heterocycles. The van der Waals surface area contributed by atoms with Crippen molar-refractivity contribution in [2.45, 2.75) is 13.3 Å². The number of carboxylic acid groups (broad SMARTS) is 1. The zero-order valence-corrected chi connectivity index (χ0v) is 7.79. The average Bonchev–Trinajstić information content (AvgIpc) is 2.58. The minimum Gasteiger partial charge on any atom is -0.507 e. The van der Waals surface area contributed by atoms with Gasteiger partial charge < -0.3 is 15.5 Å². The highest BCUT2D eigenvalue weighted by atomic mass is 16.4. The smallest absolute Gasteiger partial charge is 0.336 e. The van der Waals surface area contributed by atoms with E-state index in [1.807, 2.05) is 0 Å². The van der Waals surface area contributed by atoms with E-state index in [-0.39, 0.29) is 11.3 Å². The van der Waals surface area contributed by atoms with Gasteiger partial charge in [0.1, 0.15) is 5.75 Å². The van der Waals surface area contributed by atoms with Crippen LogP contribution in [-0.2, 0) is 6.42 Å². The van der Waals surface area contributed by atoms with Crippen LogP contribution in [0.3, 0.4) is 0 Å². The predicted molar refractivity (Wildman–Crippen MR) is 52.0 cm³/mol. The standard InChI is InChI=1S/C10H11NO3/c1-5-7(10(13)14)4-8-6(9(5)12)2-3-11-8/h4,11-12H,2-3H2,1H3,(H,13,14). The number of aromatic carboxylic acids is 1. The maximum absolute atomic E-state index is 10.8. The van der Waals surface area contributed by atoms with Crippen molar-refractivity contribution in [3.63, 3.8) is 0 Å². The van der Waals surface area contributed by atoms with E-state index in [1.165, 1.54) is 0 Å². The van der Waals surface area contributed by atoms with Gasteiger partial charge in [-0.25, -0.2) is 4.79 Å². The van der Waals surface area contributed by atoms with E-state index in [4.69, 9.17) is 5.11 Å². The van der Waals surface area contributed by atoms with E-state index < -0.39 is 5.97 Å². The Morgan fingerprint density at radius 1 is 1.57 bits per heavy atom. The second-order valence-corrected chi connectivity index (χ2v) is 3.41. The van der Waals surface area contributed by atoms with Gasteiger partial charge in [-0.3, -0.25) is 0 Å². The van der Waals surface area contributed by atoms with E-state index in [2.05, 4.69) is 5.32 Å². The summed E-state index contributed by atoms with van der Waals surface area (Å²) in [5.74, 6) is -0.890. The Bertz CT molecular complexity index is 412. The molecule has 0 unspecified atom stereocenters. The topological polar surface area (TPSA) is 69.6 Å². The lowest BCUT2D eigenvalue weighted by Crippen LogP contribution is -2.01. The number of carbonyl (C=O) groups is 1. The molecule has 1 aromatic rings. The third-order valence-corrected chi connectivity index (χ3v) is 2.58. The highest BCUT2D eigenvalue weighted by Gasteiger charge is 2.21. The van der Waals surface area contributed by atoms with Gasteiger partial charge in [-0.1, -0.05) is 0 Å². The molecule has 0 spiro atoms. The minimum atomic E-state index is -1.01. The lowest BCUT2D eigenvalue weighted by Gasteiger charge is -2.08. The molecule has 4 heteroatoms. The van der Waals surface area contributed by atoms with Gasteiger partial charge >= 0.3 is 5.97 Å². The van der Waals surface area contributed by atoms with Gasteiger partial charge in [0.2, 0.25) is 0 Å². The van der Waals surface area contributed by atoms with Crippen molar-refractivity contribution in [3.05, 3.63) is 22.8 Å². The van der Waals surface area contributed by atoms with Crippen LogP contribution in [-0.4, -0.2) is 22.7 Å². The lowest BCUT2D eigenvalue weighted by molar-refractivity contribution is 0.0695. The first-order chi connectivity index (χ1) is 6.61. The molecule has 1 heterocycles. The summed E-state index contributed by atoms with van der Waals surface area (Å²) in [6.07, 6.45) is 0.752. The third-order valence-electron chi connectivity index (χ3n) is 2.58. The summed E-state index contributed by atoms with van der Waals surface area (Å²) in [4.78, 5) is 10.8. The maximum atomic E-state index is 10.8. The second kappa shape index (κ2) is 2.90. The van der Waals surface area contributed by atoms with Crippen molar-refractivity contribution < 1.29 is 15.0 Å². The van der Waals surface area contributed by atoms with Crippen LogP contribution < -0.4 is 5.32 Å². The normalized spacial score (nSPS) is 13.5. The molecule has 0 bridgehead atoms. The van der Waals surface area contributed by atoms with Crippen LogP contribution in [0.25, 0.3) is 0 Å². The van der Waals surface area contributed by atoms with Crippen LogP contribution in [0.5, 0.6) is 5.75 Å². The number of carboxylic acids is 1. The Labute approximate surface area is 81.2 Å². The highest BCUT2D eigenvalue weighted by Crippen LogP contribution is 2.35. The van der Waals surface area contributed by atoms with Crippen LogP contribution in [0.4, 0.5) is 5.69 Å². The molecule has 0 aliphatic carbocycles. The summed E-state index contributed by atoms with van der Waals surface area (Å²) in [5, 5.41) is 21.7. The van der Waals surface area contributed by atoms with Crippen molar-refractivity contribution in [1.82, 2.24) is 0 Å². The Morgan fingerprint density at radius 3 is 2.93 bits per heavy atom. The van der Waals surface area contributed by atoms with Crippen LogP contribution in [0.2, 0.25) is 0 Å². The Kier molecular flexibility index (Phi) is 1.84. The Morgan fingerprint density at radius 2 is 2.29 bits per heavy atom. The number of anilines is 1. The molecular formula is C10H11NO3. The van der Waals surface area contributed by atoms with E-state index in [1.54, 1.807) is 13.0 Å². The number of fused-ring (bicyclic) bond motifs is 1. The van der Waals surface area contributed by atoms with Gasteiger partial charge in [0.05, 0.1) is 5.56 Å². The fourth-order valence-electron chi connectivity index (χ4n) is 1.78. The summed E-state index contributed by atoms with van der Waals surface area (Å²) in [6.45, 7) is 2.38. The molecule has 2 rings (SSSR count). The molecule has 0 fully saturated rings. The molecule has 3 N–H and O–H groups in total. The molecule has 0 amide bonds. The first-order valence-corrected chi connectivity index (χ1v) is 4.44. The summed E-state index contributed by atoms with van der Waals surface area (Å²) in [6, 6.07) is 1.58. The fourth-order valence-corrected chi connectivity index (χ4v) is 1.78. The molecule has 1 aliphatic heterocycles. The molecule has 0 aromatic heterocycles. The summed E-state index contributed by atoms with van der Waals surface area (Å²) >= 11 is 0. The van der Waals surface area contributed by atoms with Crippen LogP contribution in [0, 0.1) is 6.92 Å². The molecular weight excluding hydrogens is 182 g/mol. The molecule has 74 valence electrons. The van der Waals surface area contributed by atoms with Crippen molar-refractivity contribution >= 4 is 11.7 Å².